The second-order valence-electron chi connectivity index (χ2n) is 9.65. The first-order chi connectivity index (χ1) is 17.0. The first-order valence-corrected chi connectivity index (χ1v) is 12.3. The van der Waals surface area contributed by atoms with E-state index in [1.54, 1.807) is 20.3 Å². The van der Waals surface area contributed by atoms with Gasteiger partial charge in [-0.15, -0.1) is 0 Å². The van der Waals surface area contributed by atoms with E-state index in [0.29, 0.717) is 31.2 Å². The fraction of sp³-hybridized carbons (Fsp3) is 0.481. The van der Waals surface area contributed by atoms with Crippen LogP contribution >= 0.6 is 0 Å². The van der Waals surface area contributed by atoms with Gasteiger partial charge in [0, 0.05) is 50.5 Å². The molecule has 1 unspecified atom stereocenters. The number of piperidine rings is 1. The van der Waals surface area contributed by atoms with Crippen LogP contribution in [-0.4, -0.2) is 75.2 Å². The van der Waals surface area contributed by atoms with E-state index in [2.05, 4.69) is 17.0 Å². The summed E-state index contributed by atoms with van der Waals surface area (Å²) in [5.74, 6) is 1.60. The van der Waals surface area contributed by atoms with Crippen molar-refractivity contribution < 1.29 is 14.3 Å². The molecule has 0 aliphatic carbocycles. The van der Waals surface area contributed by atoms with Crippen molar-refractivity contribution in [3.05, 3.63) is 59.7 Å². The normalized spacial score (nSPS) is 19.7. The lowest BCUT2D eigenvalue weighted by Crippen LogP contribution is -2.56. The molecule has 2 aromatic carbocycles. The van der Waals surface area contributed by atoms with Crippen molar-refractivity contribution in [2.75, 3.05) is 58.5 Å². The lowest BCUT2D eigenvalue weighted by molar-refractivity contribution is 0.0986. The first kappa shape index (κ1) is 25.0. The van der Waals surface area contributed by atoms with Crippen molar-refractivity contribution in [3.63, 3.8) is 0 Å². The summed E-state index contributed by atoms with van der Waals surface area (Å²) >= 11 is 0. The average Bonchev–Trinajstić information content (AvgIpc) is 2.87. The van der Waals surface area contributed by atoms with Crippen LogP contribution in [0.1, 0.15) is 24.0 Å². The predicted octanol–water partition coefficient (Wildman–Crippen LogP) is 3.40. The van der Waals surface area contributed by atoms with Crippen molar-refractivity contribution >= 4 is 17.6 Å². The molecule has 8 nitrogen and oxygen atoms in total. The predicted molar refractivity (Wildman–Crippen MR) is 138 cm³/mol. The van der Waals surface area contributed by atoms with Crippen molar-refractivity contribution in [3.8, 4) is 5.75 Å². The lowest BCUT2D eigenvalue weighted by Gasteiger charge is -2.42. The molecule has 1 atom stereocenters. The van der Waals surface area contributed by atoms with E-state index in [-0.39, 0.29) is 17.8 Å². The average molecular weight is 480 g/mol. The van der Waals surface area contributed by atoms with Gasteiger partial charge < -0.3 is 20.1 Å². The second-order valence-corrected chi connectivity index (χ2v) is 9.65. The molecule has 2 aromatic rings. The van der Waals surface area contributed by atoms with Gasteiger partial charge in [0.05, 0.1) is 13.7 Å². The summed E-state index contributed by atoms with van der Waals surface area (Å²) in [5, 5.41) is 7.75. The van der Waals surface area contributed by atoms with Gasteiger partial charge in [0.15, 0.2) is 0 Å². The highest BCUT2D eigenvalue weighted by Gasteiger charge is 2.34. The fourth-order valence-electron chi connectivity index (χ4n) is 5.13. The molecule has 35 heavy (non-hydrogen) atoms. The molecular weight excluding hydrogens is 442 g/mol. The summed E-state index contributed by atoms with van der Waals surface area (Å²) in [7, 11) is 3.40. The Morgan fingerprint density at radius 3 is 2.46 bits per heavy atom. The number of nitrogen functional groups attached to an aromatic ring is 1. The highest BCUT2D eigenvalue weighted by atomic mass is 16.5. The number of benzene rings is 2. The zero-order chi connectivity index (χ0) is 24.8. The van der Waals surface area contributed by atoms with Gasteiger partial charge in [0.2, 0.25) is 0 Å². The van der Waals surface area contributed by atoms with Gasteiger partial charge in [-0.3, -0.25) is 15.2 Å². The number of amidine groups is 1. The van der Waals surface area contributed by atoms with Gasteiger partial charge in [-0.2, -0.15) is 0 Å². The molecule has 2 saturated heterocycles. The van der Waals surface area contributed by atoms with Crippen LogP contribution in [0.15, 0.2) is 48.5 Å². The summed E-state index contributed by atoms with van der Waals surface area (Å²) in [6.45, 7) is 5.68. The highest BCUT2D eigenvalue weighted by molar-refractivity contribution is 5.98. The number of nitrogens with one attached hydrogen (secondary N) is 1. The van der Waals surface area contributed by atoms with Crippen LogP contribution in [-0.2, 0) is 11.3 Å². The Bertz CT molecular complexity index is 1000. The maximum atomic E-state index is 13.5. The van der Waals surface area contributed by atoms with Gasteiger partial charge >= 0.3 is 6.03 Å². The SMILES string of the molecule is COCC1CN(CC2CCN(Cc3ccc(OC)cc3)CC2)C(=O)N(c2cccc(C(=N)N)c2)C1. The van der Waals surface area contributed by atoms with Crippen LogP contribution in [0, 0.1) is 17.2 Å². The molecule has 0 saturated carbocycles. The summed E-state index contributed by atoms with van der Waals surface area (Å²) in [6, 6.07) is 15.7. The van der Waals surface area contributed by atoms with E-state index in [1.807, 2.05) is 40.1 Å². The molecule has 0 bridgehead atoms. The number of carbonyl (C=O) groups is 1. The molecule has 3 N–H and O–H groups in total. The van der Waals surface area contributed by atoms with Crippen LogP contribution in [0.25, 0.3) is 0 Å². The van der Waals surface area contributed by atoms with Crippen LogP contribution in [0.2, 0.25) is 0 Å². The van der Waals surface area contributed by atoms with E-state index in [4.69, 9.17) is 20.6 Å². The highest BCUT2D eigenvalue weighted by Crippen LogP contribution is 2.27. The summed E-state index contributed by atoms with van der Waals surface area (Å²) in [4.78, 5) is 19.8. The zero-order valence-electron chi connectivity index (χ0n) is 20.8. The molecule has 2 heterocycles. The number of anilines is 1. The number of carbonyl (C=O) groups excluding carboxylic acids is 1. The molecule has 2 aliphatic heterocycles. The standard InChI is InChI=1S/C27H37N5O3/c1-34-19-22-17-31(27(33)32(18-22)24-5-3-4-23(14-24)26(28)29)16-21-10-12-30(13-11-21)15-20-6-8-25(35-2)9-7-20/h3-9,14,21-22H,10-13,15-19H2,1-2H3,(H3,28,29). The van der Waals surface area contributed by atoms with Gasteiger partial charge in [-0.1, -0.05) is 24.3 Å². The van der Waals surface area contributed by atoms with Crippen LogP contribution in [0.5, 0.6) is 5.75 Å². The summed E-state index contributed by atoms with van der Waals surface area (Å²) < 4.78 is 10.7. The van der Waals surface area contributed by atoms with Crippen molar-refractivity contribution in [1.29, 1.82) is 5.41 Å². The minimum absolute atomic E-state index is 0.00278. The number of methoxy groups -OCH3 is 2. The Kier molecular flexibility index (Phi) is 8.25. The van der Waals surface area contributed by atoms with Crippen LogP contribution in [0.3, 0.4) is 0 Å². The number of ether oxygens (including phenoxy) is 2. The topological polar surface area (TPSA) is 95.1 Å². The smallest absolute Gasteiger partial charge is 0.324 e. The molecule has 4 rings (SSSR count). The number of hydrogen-bond donors (Lipinski definition) is 2. The van der Waals surface area contributed by atoms with Gasteiger partial charge in [0.25, 0.3) is 0 Å². The van der Waals surface area contributed by atoms with Crippen molar-refractivity contribution in [2.45, 2.75) is 19.4 Å². The van der Waals surface area contributed by atoms with E-state index in [1.165, 1.54) is 5.56 Å². The van der Waals surface area contributed by atoms with E-state index in [9.17, 15) is 4.79 Å². The Morgan fingerprint density at radius 1 is 1.06 bits per heavy atom. The minimum Gasteiger partial charge on any atom is -0.497 e. The molecule has 2 aliphatic rings. The molecule has 0 aromatic heterocycles. The molecule has 2 amide bonds. The van der Waals surface area contributed by atoms with Crippen LogP contribution in [0.4, 0.5) is 10.5 Å². The molecule has 0 radical (unpaired) electrons. The number of hydrogen-bond acceptors (Lipinski definition) is 5. The second kappa shape index (κ2) is 11.6. The largest absolute Gasteiger partial charge is 0.497 e. The van der Waals surface area contributed by atoms with Crippen molar-refractivity contribution in [2.24, 2.45) is 17.6 Å². The third-order valence-electron chi connectivity index (χ3n) is 7.04. The Morgan fingerprint density at radius 2 is 1.80 bits per heavy atom. The van der Waals surface area contributed by atoms with Crippen LogP contribution < -0.4 is 15.4 Å². The van der Waals surface area contributed by atoms with Gasteiger partial charge in [-0.25, -0.2) is 4.79 Å². The Balaban J connectivity index is 1.37. The Hall–Kier alpha value is -3.10. The number of rotatable bonds is 9. The molecule has 8 heteroatoms. The Labute approximate surface area is 208 Å². The minimum atomic E-state index is 0.00278. The zero-order valence-corrected chi connectivity index (χ0v) is 20.8. The van der Waals surface area contributed by atoms with Crippen molar-refractivity contribution in [1.82, 2.24) is 9.80 Å². The first-order valence-electron chi connectivity index (χ1n) is 12.3. The van der Waals surface area contributed by atoms with Gasteiger partial charge in [-0.05, 0) is 61.7 Å². The number of urea groups is 1. The van der Waals surface area contributed by atoms with Gasteiger partial charge in [0.1, 0.15) is 11.6 Å². The molecule has 0 spiro atoms. The lowest BCUT2D eigenvalue weighted by atomic mass is 9.94. The number of likely N-dealkylation sites (tertiary alicyclic amines) is 1. The van der Waals surface area contributed by atoms with E-state index in [0.717, 1.165) is 50.5 Å². The van der Waals surface area contributed by atoms with E-state index < -0.39 is 0 Å². The van der Waals surface area contributed by atoms with E-state index >= 15 is 0 Å². The maximum absolute atomic E-state index is 13.5. The quantitative estimate of drug-likeness (QED) is 0.425. The molecular formula is C27H37N5O3. The molecule has 2 fully saturated rings. The fourth-order valence-corrected chi connectivity index (χ4v) is 5.13. The number of nitrogens with zero attached hydrogens (tertiary/aromatic N) is 3. The number of amides is 2. The summed E-state index contributed by atoms with van der Waals surface area (Å²) in [6.07, 6.45) is 2.16. The number of nitrogens with two attached hydrogens (primary N) is 1. The molecule has 188 valence electrons. The monoisotopic (exact) mass is 479 g/mol. The third kappa shape index (κ3) is 6.32. The maximum Gasteiger partial charge on any atom is 0.324 e. The third-order valence-corrected chi connectivity index (χ3v) is 7.04. The summed E-state index contributed by atoms with van der Waals surface area (Å²) in [5.41, 5.74) is 8.38.